The molecule has 1 aliphatic carbocycles. The van der Waals surface area contributed by atoms with Gasteiger partial charge in [0.15, 0.2) is 0 Å². The fourth-order valence-electron chi connectivity index (χ4n) is 2.25. The smallest absolute Gasteiger partial charge is 0.211 e. The van der Waals surface area contributed by atoms with Gasteiger partial charge in [-0.15, -0.1) is 0 Å². The normalized spacial score (nSPS) is 18.8. The van der Waals surface area contributed by atoms with Gasteiger partial charge in [-0.2, -0.15) is 0 Å². The summed E-state index contributed by atoms with van der Waals surface area (Å²) in [4.78, 5) is 0. The first-order valence-corrected chi connectivity index (χ1v) is 8.29. The summed E-state index contributed by atoms with van der Waals surface area (Å²) >= 11 is 0. The zero-order chi connectivity index (χ0) is 11.9. The molecule has 0 bridgehead atoms. The van der Waals surface area contributed by atoms with Gasteiger partial charge in [0.25, 0.3) is 0 Å². The van der Waals surface area contributed by atoms with E-state index in [4.69, 9.17) is 0 Å². The third-order valence-electron chi connectivity index (χ3n) is 3.22. The Labute approximate surface area is 100 Å². The van der Waals surface area contributed by atoms with Crippen LogP contribution in [0, 0.1) is 0 Å². The Kier molecular flexibility index (Phi) is 6.36. The molecule has 0 aromatic carbocycles. The highest BCUT2D eigenvalue weighted by Gasteiger charge is 2.19. The molecule has 0 amide bonds. The molecule has 1 N–H and O–H groups in total. The van der Waals surface area contributed by atoms with E-state index >= 15 is 0 Å². The van der Waals surface area contributed by atoms with Crippen LogP contribution in [0.15, 0.2) is 0 Å². The molecule has 16 heavy (non-hydrogen) atoms. The first kappa shape index (κ1) is 14.0. The minimum absolute atomic E-state index is 0.213. The van der Waals surface area contributed by atoms with Crippen LogP contribution in [0.25, 0.3) is 0 Å². The highest BCUT2D eigenvalue weighted by atomic mass is 32.2. The summed E-state index contributed by atoms with van der Waals surface area (Å²) in [6, 6.07) is 0.213. The van der Waals surface area contributed by atoms with E-state index in [2.05, 4.69) is 11.6 Å². The summed E-state index contributed by atoms with van der Waals surface area (Å²) in [5, 5.41) is 0. The van der Waals surface area contributed by atoms with Crippen molar-refractivity contribution >= 4 is 10.0 Å². The predicted molar refractivity (Wildman–Crippen MR) is 67.9 cm³/mol. The fourth-order valence-corrected chi connectivity index (χ4v) is 3.70. The first-order chi connectivity index (χ1) is 7.64. The number of hydrogen-bond acceptors (Lipinski definition) is 2. The largest absolute Gasteiger partial charge is 0.212 e. The summed E-state index contributed by atoms with van der Waals surface area (Å²) in [6.45, 7) is 2.13. The van der Waals surface area contributed by atoms with Gasteiger partial charge < -0.3 is 0 Å². The lowest BCUT2D eigenvalue weighted by atomic mass is 9.96. The summed E-state index contributed by atoms with van der Waals surface area (Å²) in [6.07, 6.45) is 9.76. The average molecular weight is 247 g/mol. The molecular weight excluding hydrogens is 222 g/mol. The van der Waals surface area contributed by atoms with E-state index in [1.165, 1.54) is 19.3 Å². The van der Waals surface area contributed by atoms with E-state index in [-0.39, 0.29) is 6.04 Å². The maximum Gasteiger partial charge on any atom is 0.211 e. The van der Waals surface area contributed by atoms with E-state index < -0.39 is 10.0 Å². The summed E-state index contributed by atoms with van der Waals surface area (Å²) in [5.74, 6) is 0.309. The van der Waals surface area contributed by atoms with Crippen LogP contribution in [0.1, 0.15) is 64.7 Å². The van der Waals surface area contributed by atoms with Crippen LogP contribution < -0.4 is 4.72 Å². The molecule has 4 heteroatoms. The minimum Gasteiger partial charge on any atom is -0.212 e. The predicted octanol–water partition coefficient (Wildman–Crippen LogP) is 2.82. The number of unbranched alkanes of at least 4 members (excludes halogenated alkanes) is 3. The lowest BCUT2D eigenvalue weighted by molar-refractivity contribution is 0.411. The van der Waals surface area contributed by atoms with Crippen molar-refractivity contribution in [1.82, 2.24) is 4.72 Å². The van der Waals surface area contributed by atoms with Crippen molar-refractivity contribution in [2.75, 3.05) is 5.75 Å². The Balaban J connectivity index is 2.22. The number of nitrogens with one attached hydrogen (secondary N) is 1. The van der Waals surface area contributed by atoms with Crippen molar-refractivity contribution in [2.24, 2.45) is 0 Å². The van der Waals surface area contributed by atoms with Crippen LogP contribution in [0.4, 0.5) is 0 Å². The highest BCUT2D eigenvalue weighted by Crippen LogP contribution is 2.18. The standard InChI is InChI=1S/C12H25NO2S/c1-2-3-4-8-11-16(14,15)13-12-9-6-5-7-10-12/h12-13H,2-11H2,1H3. The van der Waals surface area contributed by atoms with E-state index in [9.17, 15) is 8.42 Å². The van der Waals surface area contributed by atoms with Gasteiger partial charge in [0, 0.05) is 6.04 Å². The van der Waals surface area contributed by atoms with Crippen LogP contribution >= 0.6 is 0 Å². The van der Waals surface area contributed by atoms with Crippen LogP contribution in [0.5, 0.6) is 0 Å². The second kappa shape index (κ2) is 7.28. The Bertz CT molecular complexity index is 269. The third kappa shape index (κ3) is 5.85. The molecule has 0 heterocycles. The molecule has 1 saturated carbocycles. The molecule has 0 unspecified atom stereocenters. The van der Waals surface area contributed by atoms with Crippen LogP contribution in [0.2, 0.25) is 0 Å². The molecule has 1 rings (SSSR count). The Morgan fingerprint density at radius 2 is 1.75 bits per heavy atom. The van der Waals surface area contributed by atoms with Crippen LogP contribution in [-0.2, 0) is 10.0 Å². The second-order valence-corrected chi connectivity index (χ2v) is 6.71. The fraction of sp³-hybridized carbons (Fsp3) is 1.00. The third-order valence-corrected chi connectivity index (χ3v) is 4.74. The van der Waals surface area contributed by atoms with Gasteiger partial charge in [0.1, 0.15) is 0 Å². The molecule has 1 aliphatic rings. The quantitative estimate of drug-likeness (QED) is 0.703. The Morgan fingerprint density at radius 1 is 1.06 bits per heavy atom. The van der Waals surface area contributed by atoms with Crippen molar-refractivity contribution in [3.8, 4) is 0 Å². The molecule has 0 saturated heterocycles. The zero-order valence-corrected chi connectivity index (χ0v) is 11.2. The van der Waals surface area contributed by atoms with Crippen molar-refractivity contribution < 1.29 is 8.42 Å². The summed E-state index contributed by atoms with van der Waals surface area (Å²) in [5.41, 5.74) is 0. The maximum absolute atomic E-state index is 11.8. The van der Waals surface area contributed by atoms with Gasteiger partial charge >= 0.3 is 0 Å². The van der Waals surface area contributed by atoms with Crippen LogP contribution in [-0.4, -0.2) is 20.2 Å². The van der Waals surface area contributed by atoms with Crippen LogP contribution in [0.3, 0.4) is 0 Å². The molecule has 1 fully saturated rings. The van der Waals surface area contributed by atoms with Gasteiger partial charge in [-0.1, -0.05) is 45.4 Å². The van der Waals surface area contributed by atoms with E-state index in [1.807, 2.05) is 0 Å². The molecule has 0 atom stereocenters. The molecule has 96 valence electrons. The van der Waals surface area contributed by atoms with Gasteiger partial charge in [-0.05, 0) is 19.3 Å². The maximum atomic E-state index is 11.8. The molecule has 0 aromatic rings. The minimum atomic E-state index is -3.01. The molecular formula is C12H25NO2S. The lowest BCUT2D eigenvalue weighted by Gasteiger charge is -2.22. The second-order valence-electron chi connectivity index (χ2n) is 4.83. The van der Waals surface area contributed by atoms with Crippen molar-refractivity contribution in [1.29, 1.82) is 0 Å². The lowest BCUT2D eigenvalue weighted by Crippen LogP contribution is -2.37. The molecule has 0 aromatic heterocycles. The highest BCUT2D eigenvalue weighted by molar-refractivity contribution is 7.89. The SMILES string of the molecule is CCCCCCS(=O)(=O)NC1CCCCC1. The molecule has 0 radical (unpaired) electrons. The Morgan fingerprint density at radius 3 is 2.38 bits per heavy atom. The van der Waals surface area contributed by atoms with Crippen molar-refractivity contribution in [3.05, 3.63) is 0 Å². The van der Waals surface area contributed by atoms with Crippen molar-refractivity contribution in [3.63, 3.8) is 0 Å². The Hall–Kier alpha value is -0.0900. The molecule has 3 nitrogen and oxygen atoms in total. The average Bonchev–Trinajstić information content (AvgIpc) is 2.25. The molecule has 0 aliphatic heterocycles. The monoisotopic (exact) mass is 247 g/mol. The van der Waals surface area contributed by atoms with E-state index in [1.54, 1.807) is 0 Å². The van der Waals surface area contributed by atoms with Gasteiger partial charge in [-0.3, -0.25) is 0 Å². The topological polar surface area (TPSA) is 46.2 Å². The van der Waals surface area contributed by atoms with Gasteiger partial charge in [0.2, 0.25) is 10.0 Å². The number of sulfonamides is 1. The van der Waals surface area contributed by atoms with Gasteiger partial charge in [-0.25, -0.2) is 13.1 Å². The van der Waals surface area contributed by atoms with Crippen molar-refractivity contribution in [2.45, 2.75) is 70.8 Å². The number of rotatable bonds is 7. The van der Waals surface area contributed by atoms with E-state index in [0.717, 1.165) is 38.5 Å². The number of hydrogen-bond donors (Lipinski definition) is 1. The summed E-state index contributed by atoms with van der Waals surface area (Å²) < 4.78 is 26.3. The summed E-state index contributed by atoms with van der Waals surface area (Å²) in [7, 11) is -3.01. The van der Waals surface area contributed by atoms with Gasteiger partial charge in [0.05, 0.1) is 5.75 Å². The molecule has 0 spiro atoms. The first-order valence-electron chi connectivity index (χ1n) is 6.64. The van der Waals surface area contributed by atoms with E-state index in [0.29, 0.717) is 5.75 Å². The zero-order valence-electron chi connectivity index (χ0n) is 10.4.